The van der Waals surface area contributed by atoms with Crippen molar-refractivity contribution in [2.24, 2.45) is 0 Å². The average Bonchev–Trinajstić information content (AvgIpc) is 2.93. The minimum atomic E-state index is 0.581. The lowest BCUT2D eigenvalue weighted by molar-refractivity contribution is 0.255. The molecule has 0 amide bonds. The van der Waals surface area contributed by atoms with Crippen LogP contribution < -0.4 is 5.32 Å². The number of rotatable bonds is 3. The number of nitrogens with one attached hydrogen (secondary N) is 1. The first-order chi connectivity index (χ1) is 10.3. The van der Waals surface area contributed by atoms with Gasteiger partial charge in [-0.05, 0) is 66.7 Å². The molecule has 0 spiro atoms. The quantitative estimate of drug-likeness (QED) is 0.808. The van der Waals surface area contributed by atoms with Gasteiger partial charge in [0.25, 0.3) is 0 Å². The Kier molecular flexibility index (Phi) is 3.78. The fourth-order valence-corrected chi connectivity index (χ4v) is 5.04. The number of benzene rings is 1. The summed E-state index contributed by atoms with van der Waals surface area (Å²) in [4.78, 5) is 1.60. The van der Waals surface area contributed by atoms with Crippen molar-refractivity contribution in [2.45, 2.75) is 50.1 Å². The molecular formula is C18H20ClNS. The summed E-state index contributed by atoms with van der Waals surface area (Å²) in [6, 6.07) is 11.9. The fourth-order valence-electron chi connectivity index (χ4n) is 3.76. The van der Waals surface area contributed by atoms with Crippen LogP contribution in [0.3, 0.4) is 0 Å². The molecule has 2 aromatic rings. The van der Waals surface area contributed by atoms with E-state index in [9.17, 15) is 0 Å². The smallest absolute Gasteiger partial charge is 0.0440 e. The summed E-state index contributed by atoms with van der Waals surface area (Å²) >= 11 is 8.23. The molecule has 3 heteroatoms. The van der Waals surface area contributed by atoms with Crippen molar-refractivity contribution in [3.8, 4) is 0 Å². The predicted octanol–water partition coefficient (Wildman–Crippen LogP) is 5.31. The standard InChI is InChI=1S/C18H20ClNS/c19-16-5-2-1-4-14(16)12-10-13(11-12)20-17-6-3-7-18-15(17)8-9-21-18/h1-2,4-5,8-9,12-13,17,20H,3,6-7,10-11H2. The second kappa shape index (κ2) is 5.75. The molecule has 1 aromatic carbocycles. The third-order valence-corrected chi connectivity index (χ3v) is 6.31. The van der Waals surface area contributed by atoms with Gasteiger partial charge in [0.2, 0.25) is 0 Å². The van der Waals surface area contributed by atoms with Crippen LogP contribution in [0, 0.1) is 0 Å². The number of hydrogen-bond acceptors (Lipinski definition) is 2. The Labute approximate surface area is 135 Å². The van der Waals surface area contributed by atoms with Gasteiger partial charge in [-0.2, -0.15) is 0 Å². The van der Waals surface area contributed by atoms with E-state index in [2.05, 4.69) is 28.9 Å². The van der Waals surface area contributed by atoms with Gasteiger partial charge in [-0.1, -0.05) is 29.8 Å². The van der Waals surface area contributed by atoms with E-state index in [4.69, 9.17) is 11.6 Å². The number of thiophene rings is 1. The lowest BCUT2D eigenvalue weighted by Crippen LogP contribution is -2.42. The first-order valence-electron chi connectivity index (χ1n) is 7.88. The molecule has 1 unspecified atom stereocenters. The molecule has 21 heavy (non-hydrogen) atoms. The summed E-state index contributed by atoms with van der Waals surface area (Å²) in [7, 11) is 0. The molecule has 4 rings (SSSR count). The highest BCUT2D eigenvalue weighted by Crippen LogP contribution is 2.42. The van der Waals surface area contributed by atoms with E-state index >= 15 is 0 Å². The SMILES string of the molecule is Clc1ccccc1C1CC(NC2CCCc3sccc32)C1. The Balaban J connectivity index is 1.39. The van der Waals surface area contributed by atoms with Crippen LogP contribution in [0.1, 0.15) is 53.6 Å². The minimum Gasteiger partial charge on any atom is -0.307 e. The fraction of sp³-hybridized carbons (Fsp3) is 0.444. The second-order valence-corrected chi connectivity index (χ2v) is 7.71. The Morgan fingerprint density at radius 2 is 1.95 bits per heavy atom. The summed E-state index contributed by atoms with van der Waals surface area (Å²) in [6.45, 7) is 0. The minimum absolute atomic E-state index is 0.581. The highest BCUT2D eigenvalue weighted by Gasteiger charge is 2.34. The summed E-state index contributed by atoms with van der Waals surface area (Å²) < 4.78 is 0. The number of hydrogen-bond donors (Lipinski definition) is 1. The average molecular weight is 318 g/mol. The van der Waals surface area contributed by atoms with Crippen LogP contribution in [0.15, 0.2) is 35.7 Å². The molecule has 2 aliphatic rings. The molecule has 0 saturated heterocycles. The third-order valence-electron chi connectivity index (χ3n) is 4.97. The van der Waals surface area contributed by atoms with Crippen LogP contribution >= 0.6 is 22.9 Å². The van der Waals surface area contributed by atoms with E-state index in [1.165, 1.54) is 37.7 Å². The summed E-state index contributed by atoms with van der Waals surface area (Å²) in [5.74, 6) is 0.640. The first-order valence-corrected chi connectivity index (χ1v) is 9.14. The molecule has 1 nitrogen and oxygen atoms in total. The highest BCUT2D eigenvalue weighted by atomic mass is 35.5. The van der Waals surface area contributed by atoms with Gasteiger partial charge in [0.15, 0.2) is 0 Å². The Morgan fingerprint density at radius 1 is 1.10 bits per heavy atom. The molecule has 1 fully saturated rings. The molecule has 110 valence electrons. The lowest BCUT2D eigenvalue weighted by Gasteiger charge is -2.40. The normalized spacial score (nSPS) is 28.0. The van der Waals surface area contributed by atoms with Gasteiger partial charge in [-0.15, -0.1) is 11.3 Å². The molecular weight excluding hydrogens is 298 g/mol. The molecule has 1 N–H and O–H groups in total. The van der Waals surface area contributed by atoms with Gasteiger partial charge in [0.1, 0.15) is 0 Å². The monoisotopic (exact) mass is 317 g/mol. The molecule has 1 heterocycles. The van der Waals surface area contributed by atoms with Gasteiger partial charge in [-0.3, -0.25) is 0 Å². The zero-order chi connectivity index (χ0) is 14.2. The second-order valence-electron chi connectivity index (χ2n) is 6.30. The van der Waals surface area contributed by atoms with Gasteiger partial charge in [0.05, 0.1) is 0 Å². The predicted molar refractivity (Wildman–Crippen MR) is 90.3 cm³/mol. The van der Waals surface area contributed by atoms with Crippen molar-refractivity contribution < 1.29 is 0 Å². The largest absolute Gasteiger partial charge is 0.307 e. The summed E-state index contributed by atoms with van der Waals surface area (Å²) in [5.41, 5.74) is 2.89. The van der Waals surface area contributed by atoms with Gasteiger partial charge >= 0.3 is 0 Å². The molecule has 0 bridgehead atoms. The van der Waals surface area contributed by atoms with E-state index in [1.807, 2.05) is 23.5 Å². The van der Waals surface area contributed by atoms with Crippen molar-refractivity contribution in [2.75, 3.05) is 0 Å². The summed E-state index contributed by atoms with van der Waals surface area (Å²) in [6.07, 6.45) is 6.33. The van der Waals surface area contributed by atoms with E-state index in [1.54, 1.807) is 10.4 Å². The van der Waals surface area contributed by atoms with Crippen LogP contribution in [-0.4, -0.2) is 6.04 Å². The lowest BCUT2D eigenvalue weighted by atomic mass is 9.75. The van der Waals surface area contributed by atoms with E-state index < -0.39 is 0 Å². The van der Waals surface area contributed by atoms with Gasteiger partial charge in [0, 0.05) is 22.0 Å². The number of halogens is 1. The number of fused-ring (bicyclic) bond motifs is 1. The van der Waals surface area contributed by atoms with Crippen LogP contribution in [0.5, 0.6) is 0 Å². The first kappa shape index (κ1) is 13.8. The third kappa shape index (κ3) is 2.65. The van der Waals surface area contributed by atoms with Crippen molar-refractivity contribution in [1.82, 2.24) is 5.32 Å². The molecule has 0 aliphatic heterocycles. The maximum absolute atomic E-state index is 6.30. The van der Waals surface area contributed by atoms with Crippen LogP contribution in [0.25, 0.3) is 0 Å². The topological polar surface area (TPSA) is 12.0 Å². The maximum Gasteiger partial charge on any atom is 0.0440 e. The zero-order valence-electron chi connectivity index (χ0n) is 12.0. The van der Waals surface area contributed by atoms with Crippen LogP contribution in [0.4, 0.5) is 0 Å². The molecule has 0 radical (unpaired) electrons. The summed E-state index contributed by atoms with van der Waals surface area (Å²) in [5, 5.41) is 7.06. The number of aryl methyl sites for hydroxylation is 1. The molecule has 1 aromatic heterocycles. The van der Waals surface area contributed by atoms with Crippen molar-refractivity contribution in [3.63, 3.8) is 0 Å². The van der Waals surface area contributed by atoms with E-state index in [0.717, 1.165) is 5.02 Å². The Hall–Kier alpha value is -0.830. The zero-order valence-corrected chi connectivity index (χ0v) is 13.6. The molecule has 2 aliphatic carbocycles. The van der Waals surface area contributed by atoms with Crippen molar-refractivity contribution in [1.29, 1.82) is 0 Å². The molecule has 1 saturated carbocycles. The van der Waals surface area contributed by atoms with Gasteiger partial charge < -0.3 is 5.32 Å². The van der Waals surface area contributed by atoms with Crippen LogP contribution in [0.2, 0.25) is 5.02 Å². The highest BCUT2D eigenvalue weighted by molar-refractivity contribution is 7.10. The Morgan fingerprint density at radius 3 is 2.81 bits per heavy atom. The molecule has 1 atom stereocenters. The van der Waals surface area contributed by atoms with Crippen LogP contribution in [-0.2, 0) is 6.42 Å². The van der Waals surface area contributed by atoms with Crippen molar-refractivity contribution >= 4 is 22.9 Å². The van der Waals surface area contributed by atoms with E-state index in [-0.39, 0.29) is 0 Å². The Bertz CT molecular complexity index is 630. The van der Waals surface area contributed by atoms with Gasteiger partial charge in [-0.25, -0.2) is 0 Å². The van der Waals surface area contributed by atoms with Crippen molar-refractivity contribution in [3.05, 3.63) is 56.7 Å². The van der Waals surface area contributed by atoms with E-state index in [0.29, 0.717) is 18.0 Å². The maximum atomic E-state index is 6.30.